The highest BCUT2D eigenvalue weighted by atomic mass is 35.5. The fraction of sp³-hybridized carbons (Fsp3) is 0.394. The number of hydrogen-bond acceptors (Lipinski definition) is 4. The van der Waals surface area contributed by atoms with Crippen LogP contribution in [-0.4, -0.2) is 43.8 Å². The summed E-state index contributed by atoms with van der Waals surface area (Å²) in [5, 5.41) is 3.49. The van der Waals surface area contributed by atoms with E-state index < -0.39 is 28.5 Å². The van der Waals surface area contributed by atoms with E-state index in [-0.39, 0.29) is 23.4 Å². The number of nitrogens with zero attached hydrogens (tertiary/aromatic N) is 2. The van der Waals surface area contributed by atoms with E-state index in [0.717, 1.165) is 53.1 Å². The van der Waals surface area contributed by atoms with Crippen LogP contribution < -0.4 is 9.62 Å². The molecule has 0 aliphatic heterocycles. The molecular formula is C33H40ClN3O4S. The van der Waals surface area contributed by atoms with Crippen molar-refractivity contribution in [1.29, 1.82) is 0 Å². The first-order valence-electron chi connectivity index (χ1n) is 14.5. The third-order valence-electron chi connectivity index (χ3n) is 8.05. The second-order valence-electron chi connectivity index (χ2n) is 11.2. The quantitative estimate of drug-likeness (QED) is 0.291. The molecule has 1 atom stereocenters. The van der Waals surface area contributed by atoms with Gasteiger partial charge >= 0.3 is 0 Å². The third-order valence-corrected chi connectivity index (χ3v) is 10.1. The molecule has 1 fully saturated rings. The highest BCUT2D eigenvalue weighted by Gasteiger charge is 2.34. The molecule has 0 spiro atoms. The summed E-state index contributed by atoms with van der Waals surface area (Å²) in [6.07, 6.45) is 5.13. The second kappa shape index (κ2) is 13.7. The largest absolute Gasteiger partial charge is 0.352 e. The van der Waals surface area contributed by atoms with Crippen LogP contribution in [0, 0.1) is 20.8 Å². The Morgan fingerprint density at radius 1 is 0.929 bits per heavy atom. The molecule has 7 nitrogen and oxygen atoms in total. The first kappa shape index (κ1) is 31.6. The van der Waals surface area contributed by atoms with Crippen LogP contribution in [0.25, 0.3) is 0 Å². The Bertz CT molecular complexity index is 1520. The van der Waals surface area contributed by atoms with Crippen molar-refractivity contribution >= 4 is 39.1 Å². The van der Waals surface area contributed by atoms with E-state index >= 15 is 0 Å². The van der Waals surface area contributed by atoms with Gasteiger partial charge in [-0.25, -0.2) is 8.42 Å². The van der Waals surface area contributed by atoms with Gasteiger partial charge < -0.3 is 10.2 Å². The third kappa shape index (κ3) is 7.53. The number of hydrogen-bond donors (Lipinski definition) is 1. The molecule has 2 amide bonds. The molecule has 42 heavy (non-hydrogen) atoms. The van der Waals surface area contributed by atoms with Gasteiger partial charge in [-0.05, 0) is 81.5 Å². The van der Waals surface area contributed by atoms with Crippen molar-refractivity contribution in [2.75, 3.05) is 10.8 Å². The maximum absolute atomic E-state index is 14.2. The minimum Gasteiger partial charge on any atom is -0.352 e. The first-order valence-corrected chi connectivity index (χ1v) is 16.3. The van der Waals surface area contributed by atoms with Gasteiger partial charge in [0.2, 0.25) is 11.8 Å². The number of carbonyl (C=O) groups excluding carboxylic acids is 2. The molecule has 0 radical (unpaired) electrons. The number of rotatable bonds is 10. The van der Waals surface area contributed by atoms with E-state index in [9.17, 15) is 18.0 Å². The predicted octanol–water partition coefficient (Wildman–Crippen LogP) is 6.33. The monoisotopic (exact) mass is 609 g/mol. The zero-order valence-corrected chi connectivity index (χ0v) is 26.3. The van der Waals surface area contributed by atoms with Gasteiger partial charge in [-0.1, -0.05) is 78.9 Å². The maximum Gasteiger partial charge on any atom is 0.264 e. The number of aryl methyl sites for hydroxylation is 3. The van der Waals surface area contributed by atoms with Gasteiger partial charge in [-0.3, -0.25) is 13.9 Å². The van der Waals surface area contributed by atoms with Crippen molar-refractivity contribution in [1.82, 2.24) is 10.2 Å². The zero-order valence-electron chi connectivity index (χ0n) is 24.8. The van der Waals surface area contributed by atoms with E-state index in [1.54, 1.807) is 44.2 Å². The fourth-order valence-corrected chi connectivity index (χ4v) is 6.96. The number of anilines is 1. The van der Waals surface area contributed by atoms with Gasteiger partial charge in [-0.15, -0.1) is 0 Å². The topological polar surface area (TPSA) is 86.8 Å². The van der Waals surface area contributed by atoms with Crippen LogP contribution in [0.3, 0.4) is 0 Å². The lowest BCUT2D eigenvalue weighted by molar-refractivity contribution is -0.139. The molecule has 0 aromatic heterocycles. The molecule has 0 bridgehead atoms. The SMILES string of the molecule is Cc1ccc(S(=O)(=O)N(CC(=O)N(Cc2ccccc2C)[C@H](C)C(=O)NC2CCCCC2)c2cc(Cl)ccc2C)cc1. The lowest BCUT2D eigenvalue weighted by Crippen LogP contribution is -2.53. The summed E-state index contributed by atoms with van der Waals surface area (Å²) >= 11 is 6.32. The van der Waals surface area contributed by atoms with E-state index in [1.165, 1.54) is 17.0 Å². The Labute approximate surface area is 254 Å². The Morgan fingerprint density at radius 2 is 1.60 bits per heavy atom. The number of sulfonamides is 1. The normalized spacial score (nSPS) is 14.7. The summed E-state index contributed by atoms with van der Waals surface area (Å²) in [6.45, 7) is 6.98. The van der Waals surface area contributed by atoms with E-state index in [0.29, 0.717) is 16.3 Å². The molecule has 0 heterocycles. The van der Waals surface area contributed by atoms with Crippen molar-refractivity contribution in [2.24, 2.45) is 0 Å². The molecule has 224 valence electrons. The molecule has 0 unspecified atom stereocenters. The van der Waals surface area contributed by atoms with Crippen LogP contribution in [-0.2, 0) is 26.2 Å². The number of carbonyl (C=O) groups is 2. The van der Waals surface area contributed by atoms with Crippen LogP contribution in [0.15, 0.2) is 71.6 Å². The predicted molar refractivity (Wildman–Crippen MR) is 168 cm³/mol. The van der Waals surface area contributed by atoms with Gasteiger partial charge in [-0.2, -0.15) is 0 Å². The first-order chi connectivity index (χ1) is 20.0. The number of halogens is 1. The molecular weight excluding hydrogens is 570 g/mol. The van der Waals surface area contributed by atoms with E-state index in [4.69, 9.17) is 11.6 Å². The van der Waals surface area contributed by atoms with Gasteiger partial charge in [0.1, 0.15) is 12.6 Å². The van der Waals surface area contributed by atoms with Crippen LogP contribution >= 0.6 is 11.6 Å². The van der Waals surface area contributed by atoms with Crippen molar-refractivity contribution in [3.8, 4) is 0 Å². The Hall–Kier alpha value is -3.36. The van der Waals surface area contributed by atoms with E-state index in [1.807, 2.05) is 38.1 Å². The number of benzene rings is 3. The maximum atomic E-state index is 14.2. The van der Waals surface area contributed by atoms with Gasteiger partial charge in [0, 0.05) is 17.6 Å². The average molecular weight is 610 g/mol. The number of amides is 2. The Morgan fingerprint density at radius 3 is 2.26 bits per heavy atom. The van der Waals surface area contributed by atoms with Crippen molar-refractivity contribution < 1.29 is 18.0 Å². The lowest BCUT2D eigenvalue weighted by Gasteiger charge is -2.34. The zero-order chi connectivity index (χ0) is 30.4. The van der Waals surface area contributed by atoms with Crippen LogP contribution in [0.1, 0.15) is 61.3 Å². The highest BCUT2D eigenvalue weighted by molar-refractivity contribution is 7.92. The summed E-state index contributed by atoms with van der Waals surface area (Å²) in [6, 6.07) is 18.4. The van der Waals surface area contributed by atoms with Gasteiger partial charge in [0.25, 0.3) is 10.0 Å². The Kier molecular flexibility index (Phi) is 10.3. The Balaban J connectivity index is 1.72. The molecule has 0 saturated heterocycles. The fourth-order valence-electron chi connectivity index (χ4n) is 5.32. The van der Waals surface area contributed by atoms with Crippen LogP contribution in [0.4, 0.5) is 5.69 Å². The van der Waals surface area contributed by atoms with E-state index in [2.05, 4.69) is 5.32 Å². The summed E-state index contributed by atoms with van der Waals surface area (Å²) in [7, 11) is -4.16. The van der Waals surface area contributed by atoms with Crippen molar-refractivity contribution in [3.63, 3.8) is 0 Å². The molecule has 1 aliphatic rings. The van der Waals surface area contributed by atoms with Crippen molar-refractivity contribution in [3.05, 3.63) is 94.0 Å². The molecule has 1 saturated carbocycles. The standard InChI is InChI=1S/C33H40ClN3O4S/c1-23-14-18-30(19-15-23)42(40,41)37(31-20-28(34)17-16-25(31)3)22-32(38)36(21-27-11-9-8-10-24(27)2)26(4)33(39)35-29-12-6-5-7-13-29/h8-11,14-20,26,29H,5-7,12-13,21-22H2,1-4H3,(H,35,39)/t26-/m1/s1. The number of nitrogens with one attached hydrogen (secondary N) is 1. The molecule has 4 rings (SSSR count). The summed E-state index contributed by atoms with van der Waals surface area (Å²) < 4.78 is 29.3. The van der Waals surface area contributed by atoms with Crippen LogP contribution in [0.5, 0.6) is 0 Å². The molecule has 1 N–H and O–H groups in total. The summed E-state index contributed by atoms with van der Waals surface area (Å²) in [4.78, 5) is 29.2. The molecule has 1 aliphatic carbocycles. The summed E-state index contributed by atoms with van der Waals surface area (Å²) in [5.74, 6) is -0.727. The minimum absolute atomic E-state index is 0.0637. The smallest absolute Gasteiger partial charge is 0.264 e. The minimum atomic E-state index is -4.16. The average Bonchev–Trinajstić information content (AvgIpc) is 2.97. The molecule has 3 aromatic carbocycles. The molecule has 9 heteroatoms. The highest BCUT2D eigenvalue weighted by Crippen LogP contribution is 2.30. The molecule has 3 aromatic rings. The second-order valence-corrected chi connectivity index (χ2v) is 13.5. The van der Waals surface area contributed by atoms with Gasteiger partial charge in [0.15, 0.2) is 0 Å². The van der Waals surface area contributed by atoms with Crippen LogP contribution in [0.2, 0.25) is 5.02 Å². The van der Waals surface area contributed by atoms with Crippen molar-refractivity contribution in [2.45, 2.75) is 83.3 Å². The summed E-state index contributed by atoms with van der Waals surface area (Å²) in [5.41, 5.74) is 3.74. The lowest BCUT2D eigenvalue weighted by atomic mass is 9.95. The van der Waals surface area contributed by atoms with Gasteiger partial charge in [0.05, 0.1) is 10.6 Å².